The van der Waals surface area contributed by atoms with Crippen LogP contribution in [0.25, 0.3) is 0 Å². The Bertz CT molecular complexity index is 375. The Hall–Kier alpha value is -1.04. The molecule has 0 aliphatic heterocycles. The molecule has 0 aromatic heterocycles. The minimum atomic E-state index is 0.670. The lowest BCUT2D eigenvalue weighted by molar-refractivity contribution is 0.484. The Morgan fingerprint density at radius 1 is 0.923 bits per heavy atom. The highest BCUT2D eigenvalue weighted by molar-refractivity contribution is 5.54. The van der Waals surface area contributed by atoms with E-state index >= 15 is 0 Å². The third kappa shape index (κ3) is 0.551. The highest BCUT2D eigenvalue weighted by Gasteiger charge is 2.61. The maximum absolute atomic E-state index is 2.44. The molecule has 0 nitrogen and oxygen atoms in total. The molecule has 1 fully saturated rings. The Kier molecular flexibility index (Phi) is 0.862. The Morgan fingerprint density at radius 2 is 1.46 bits per heavy atom. The number of hydrogen-bond acceptors (Lipinski definition) is 0. The van der Waals surface area contributed by atoms with Gasteiger partial charge in [0.2, 0.25) is 0 Å². The van der Waals surface area contributed by atoms with Crippen molar-refractivity contribution in [2.24, 2.45) is 5.41 Å². The summed E-state index contributed by atoms with van der Waals surface area (Å²) in [5.41, 5.74) is 3.91. The van der Waals surface area contributed by atoms with E-state index in [4.69, 9.17) is 0 Å². The van der Waals surface area contributed by atoms with Crippen LogP contribution in [0.3, 0.4) is 0 Å². The first kappa shape index (κ1) is 6.42. The molecule has 2 unspecified atom stereocenters. The van der Waals surface area contributed by atoms with Crippen LogP contribution in [0.15, 0.2) is 36.4 Å². The van der Waals surface area contributed by atoms with E-state index < -0.39 is 0 Å². The molecule has 0 amide bonds. The molecule has 3 aliphatic carbocycles. The quantitative estimate of drug-likeness (QED) is 0.522. The molecule has 3 aliphatic rings. The lowest BCUT2D eigenvalue weighted by Crippen LogP contribution is -2.03. The van der Waals surface area contributed by atoms with Gasteiger partial charge in [-0.05, 0) is 29.4 Å². The van der Waals surface area contributed by atoms with E-state index in [-0.39, 0.29) is 0 Å². The molecule has 1 spiro atoms. The van der Waals surface area contributed by atoms with Crippen molar-refractivity contribution < 1.29 is 0 Å². The van der Waals surface area contributed by atoms with Crippen LogP contribution in [0.1, 0.15) is 35.8 Å². The predicted octanol–water partition coefficient (Wildman–Crippen LogP) is 3.22. The summed E-state index contributed by atoms with van der Waals surface area (Å²) in [7, 11) is 0. The van der Waals surface area contributed by atoms with Gasteiger partial charge in [-0.15, -0.1) is 0 Å². The van der Waals surface area contributed by atoms with Crippen molar-refractivity contribution in [3.63, 3.8) is 0 Å². The van der Waals surface area contributed by atoms with Crippen LogP contribution >= 0.6 is 0 Å². The molecule has 0 saturated heterocycles. The molecule has 13 heavy (non-hydrogen) atoms. The molecule has 1 saturated carbocycles. The summed E-state index contributed by atoms with van der Waals surface area (Å²) in [6.07, 6.45) is 7.79. The highest BCUT2D eigenvalue weighted by Crippen LogP contribution is 2.73. The van der Waals surface area contributed by atoms with E-state index in [0.29, 0.717) is 5.41 Å². The molecule has 1 aromatic carbocycles. The van der Waals surface area contributed by atoms with Gasteiger partial charge in [0.25, 0.3) is 0 Å². The van der Waals surface area contributed by atoms with Crippen molar-refractivity contribution in [2.75, 3.05) is 0 Å². The van der Waals surface area contributed by atoms with Crippen LogP contribution in [-0.2, 0) is 0 Å². The van der Waals surface area contributed by atoms with Crippen LogP contribution in [0, 0.1) is 5.41 Å². The van der Waals surface area contributed by atoms with E-state index in [1.165, 1.54) is 12.8 Å². The van der Waals surface area contributed by atoms with Gasteiger partial charge in [0.15, 0.2) is 0 Å². The van der Waals surface area contributed by atoms with Gasteiger partial charge < -0.3 is 0 Å². The smallest absolute Gasteiger partial charge is 0.00865 e. The zero-order chi connectivity index (χ0) is 8.47. The molecule has 2 bridgehead atoms. The van der Waals surface area contributed by atoms with E-state index in [0.717, 1.165) is 11.8 Å². The highest BCUT2D eigenvalue weighted by atomic mass is 14.6. The second-order valence-electron chi connectivity index (χ2n) is 4.70. The monoisotopic (exact) mass is 168 g/mol. The number of allylic oxidation sites excluding steroid dienone is 2. The number of hydrogen-bond donors (Lipinski definition) is 0. The SMILES string of the molecule is C1=CC2c3ccccc3C1C21CC1. The van der Waals surface area contributed by atoms with E-state index in [1.807, 2.05) is 0 Å². The lowest BCUT2D eigenvalue weighted by Gasteiger charge is -2.12. The number of fused-ring (bicyclic) bond motifs is 3. The van der Waals surface area contributed by atoms with Crippen LogP contribution in [0.4, 0.5) is 0 Å². The zero-order valence-electron chi connectivity index (χ0n) is 7.53. The van der Waals surface area contributed by atoms with Crippen LogP contribution in [0.5, 0.6) is 0 Å². The van der Waals surface area contributed by atoms with Crippen molar-refractivity contribution in [1.29, 1.82) is 0 Å². The largest absolute Gasteiger partial charge is 0.0798 e. The Balaban J connectivity index is 2.03. The molecule has 0 heteroatoms. The first-order valence-corrected chi connectivity index (χ1v) is 5.19. The van der Waals surface area contributed by atoms with Gasteiger partial charge in [-0.2, -0.15) is 0 Å². The molecule has 4 rings (SSSR count). The molecule has 0 heterocycles. The average molecular weight is 168 g/mol. The summed E-state index contributed by atoms with van der Waals surface area (Å²) in [6, 6.07) is 9.01. The Morgan fingerprint density at radius 3 is 1.92 bits per heavy atom. The van der Waals surface area contributed by atoms with Gasteiger partial charge in [0.05, 0.1) is 0 Å². The fourth-order valence-electron chi connectivity index (χ4n) is 3.47. The molecule has 0 radical (unpaired) electrons. The summed E-state index contributed by atoms with van der Waals surface area (Å²) in [5.74, 6) is 1.54. The summed E-state index contributed by atoms with van der Waals surface area (Å²) in [5, 5.41) is 0. The third-order valence-electron chi connectivity index (χ3n) is 4.23. The van der Waals surface area contributed by atoms with Crippen molar-refractivity contribution in [3.05, 3.63) is 47.5 Å². The van der Waals surface area contributed by atoms with Crippen LogP contribution < -0.4 is 0 Å². The fraction of sp³-hybridized carbons (Fsp3) is 0.385. The number of benzene rings is 1. The maximum atomic E-state index is 2.44. The van der Waals surface area contributed by atoms with Gasteiger partial charge in [-0.3, -0.25) is 0 Å². The van der Waals surface area contributed by atoms with Crippen molar-refractivity contribution >= 4 is 0 Å². The van der Waals surface area contributed by atoms with Crippen molar-refractivity contribution in [3.8, 4) is 0 Å². The molecule has 64 valence electrons. The van der Waals surface area contributed by atoms with Gasteiger partial charge in [-0.25, -0.2) is 0 Å². The molecule has 2 atom stereocenters. The van der Waals surface area contributed by atoms with Gasteiger partial charge in [-0.1, -0.05) is 36.4 Å². The van der Waals surface area contributed by atoms with Gasteiger partial charge in [0, 0.05) is 11.8 Å². The zero-order valence-corrected chi connectivity index (χ0v) is 7.53. The average Bonchev–Trinajstić information content (AvgIpc) is 2.81. The second kappa shape index (κ2) is 1.75. The van der Waals surface area contributed by atoms with Gasteiger partial charge >= 0.3 is 0 Å². The topological polar surface area (TPSA) is 0 Å². The fourth-order valence-corrected chi connectivity index (χ4v) is 3.47. The summed E-state index contributed by atoms with van der Waals surface area (Å²) in [6.45, 7) is 0. The van der Waals surface area contributed by atoms with Crippen molar-refractivity contribution in [2.45, 2.75) is 24.7 Å². The summed E-state index contributed by atoms with van der Waals surface area (Å²) < 4.78 is 0. The first-order chi connectivity index (χ1) is 6.42. The molecule has 1 aromatic rings. The number of rotatable bonds is 0. The normalized spacial score (nSPS) is 35.4. The van der Waals surface area contributed by atoms with Gasteiger partial charge in [0.1, 0.15) is 0 Å². The Labute approximate surface area is 78.3 Å². The standard InChI is InChI=1S/C13H12/c1-2-4-10-9(3-1)11-5-6-12(10)13(11)7-8-13/h1-6,11-12H,7-8H2. The second-order valence-corrected chi connectivity index (χ2v) is 4.70. The van der Waals surface area contributed by atoms with Crippen LogP contribution in [0.2, 0.25) is 0 Å². The molecular weight excluding hydrogens is 156 g/mol. The van der Waals surface area contributed by atoms with Crippen LogP contribution in [-0.4, -0.2) is 0 Å². The minimum Gasteiger partial charge on any atom is -0.0798 e. The summed E-state index contributed by atoms with van der Waals surface area (Å²) in [4.78, 5) is 0. The lowest BCUT2D eigenvalue weighted by atomic mass is 9.90. The summed E-state index contributed by atoms with van der Waals surface area (Å²) >= 11 is 0. The van der Waals surface area contributed by atoms with E-state index in [1.54, 1.807) is 11.1 Å². The van der Waals surface area contributed by atoms with E-state index in [9.17, 15) is 0 Å². The maximum Gasteiger partial charge on any atom is 0.00865 e. The first-order valence-electron chi connectivity index (χ1n) is 5.19. The van der Waals surface area contributed by atoms with Crippen molar-refractivity contribution in [1.82, 2.24) is 0 Å². The molecule has 0 N–H and O–H groups in total. The minimum absolute atomic E-state index is 0.670. The predicted molar refractivity (Wildman–Crippen MR) is 52.7 cm³/mol. The third-order valence-corrected chi connectivity index (χ3v) is 4.23. The molecular formula is C13H12. The van der Waals surface area contributed by atoms with E-state index in [2.05, 4.69) is 36.4 Å².